The van der Waals surface area contributed by atoms with Gasteiger partial charge in [-0.2, -0.15) is 0 Å². The zero-order valence-corrected chi connectivity index (χ0v) is 22.9. The predicted molar refractivity (Wildman–Crippen MR) is 146 cm³/mol. The van der Waals surface area contributed by atoms with Gasteiger partial charge in [0.1, 0.15) is 5.75 Å². The number of nitrogens with zero attached hydrogens (tertiary/aromatic N) is 1. The number of hydrogen-bond donors (Lipinski definition) is 1. The number of aryl methyl sites for hydroxylation is 2. The first kappa shape index (κ1) is 27.3. The Morgan fingerprint density at radius 3 is 2.08 bits per heavy atom. The molecule has 0 unspecified atom stereocenters. The summed E-state index contributed by atoms with van der Waals surface area (Å²) in [5.41, 5.74) is 6.14. The lowest BCUT2D eigenvalue weighted by molar-refractivity contribution is 0.0940. The Morgan fingerprint density at radius 1 is 0.944 bits per heavy atom. The summed E-state index contributed by atoms with van der Waals surface area (Å²) in [5, 5.41) is 3.07. The van der Waals surface area contributed by atoms with Gasteiger partial charge in [-0.05, 0) is 85.3 Å². The van der Waals surface area contributed by atoms with Crippen molar-refractivity contribution in [2.75, 3.05) is 17.7 Å². The number of methoxy groups -OCH3 is 1. The average molecular weight is 509 g/mol. The zero-order chi connectivity index (χ0) is 26.6. The van der Waals surface area contributed by atoms with Crippen molar-refractivity contribution < 1.29 is 17.9 Å². The van der Waals surface area contributed by atoms with Crippen molar-refractivity contribution in [1.29, 1.82) is 0 Å². The van der Waals surface area contributed by atoms with E-state index in [0.717, 1.165) is 33.6 Å². The highest BCUT2D eigenvalue weighted by molar-refractivity contribution is 7.92. The van der Waals surface area contributed by atoms with E-state index in [-0.39, 0.29) is 24.4 Å². The van der Waals surface area contributed by atoms with Gasteiger partial charge in [-0.3, -0.25) is 9.10 Å². The third-order valence-corrected chi connectivity index (χ3v) is 7.46. The highest BCUT2D eigenvalue weighted by Gasteiger charge is 2.20. The van der Waals surface area contributed by atoms with Crippen molar-refractivity contribution in [3.63, 3.8) is 0 Å². The van der Waals surface area contributed by atoms with Crippen LogP contribution >= 0.6 is 0 Å². The molecule has 0 fully saturated rings. The lowest BCUT2D eigenvalue weighted by Crippen LogP contribution is -2.30. The molecule has 7 heteroatoms. The van der Waals surface area contributed by atoms with Crippen molar-refractivity contribution in [1.82, 2.24) is 5.32 Å². The molecule has 0 aromatic heterocycles. The Kier molecular flexibility index (Phi) is 8.46. The first-order valence-electron chi connectivity index (χ1n) is 12.0. The number of benzene rings is 3. The highest BCUT2D eigenvalue weighted by atomic mass is 32.2. The maximum absolute atomic E-state index is 13.0. The van der Waals surface area contributed by atoms with Crippen molar-refractivity contribution in [2.24, 2.45) is 0 Å². The number of carbonyl (C=O) groups excluding carboxylic acids is 1. The number of rotatable bonds is 9. The summed E-state index contributed by atoms with van der Waals surface area (Å²) in [4.78, 5) is 13.0. The Hall–Kier alpha value is -3.32. The maximum atomic E-state index is 13.0. The molecule has 0 aliphatic rings. The van der Waals surface area contributed by atoms with Crippen molar-refractivity contribution in [3.8, 4) is 5.75 Å². The molecule has 1 N–H and O–H groups in total. The second-order valence-electron chi connectivity index (χ2n) is 9.60. The molecule has 6 nitrogen and oxygen atoms in total. The van der Waals surface area contributed by atoms with Gasteiger partial charge in [0, 0.05) is 5.56 Å². The lowest BCUT2D eigenvalue weighted by atomic mass is 9.93. The van der Waals surface area contributed by atoms with E-state index in [4.69, 9.17) is 4.74 Å². The van der Waals surface area contributed by atoms with Crippen molar-refractivity contribution in [2.45, 2.75) is 53.1 Å². The molecular formula is C29H36N2O4S. The van der Waals surface area contributed by atoms with Crippen LogP contribution in [0.25, 0.3) is 0 Å². The van der Waals surface area contributed by atoms with Gasteiger partial charge in [0.2, 0.25) is 10.0 Å². The number of hydrogen-bond acceptors (Lipinski definition) is 4. The predicted octanol–water partition coefficient (Wildman–Crippen LogP) is 5.89. The maximum Gasteiger partial charge on any atom is 0.251 e. The summed E-state index contributed by atoms with van der Waals surface area (Å²) in [5.74, 6) is 0.911. The fraction of sp³-hybridized carbons (Fsp3) is 0.345. The Balaban J connectivity index is 1.79. The van der Waals surface area contributed by atoms with Gasteiger partial charge in [0.25, 0.3) is 5.91 Å². The van der Waals surface area contributed by atoms with Crippen LogP contribution in [-0.2, 0) is 16.6 Å². The molecule has 192 valence electrons. The summed E-state index contributed by atoms with van der Waals surface area (Å²) in [6.45, 7) is 10.4. The van der Waals surface area contributed by atoms with E-state index in [1.54, 1.807) is 31.4 Å². The van der Waals surface area contributed by atoms with Crippen LogP contribution in [0.1, 0.15) is 70.9 Å². The van der Waals surface area contributed by atoms with Crippen molar-refractivity contribution >= 4 is 21.6 Å². The van der Waals surface area contributed by atoms with Crippen LogP contribution in [0.5, 0.6) is 5.75 Å². The van der Waals surface area contributed by atoms with Gasteiger partial charge in [0.15, 0.2) is 0 Å². The van der Waals surface area contributed by atoms with E-state index in [0.29, 0.717) is 11.3 Å². The fourth-order valence-corrected chi connectivity index (χ4v) is 5.09. The third kappa shape index (κ3) is 6.46. The van der Waals surface area contributed by atoms with E-state index in [1.807, 2.05) is 51.1 Å². The minimum atomic E-state index is -3.51. The van der Waals surface area contributed by atoms with Crippen LogP contribution in [0.2, 0.25) is 0 Å². The number of anilines is 1. The molecule has 0 radical (unpaired) electrons. The van der Waals surface area contributed by atoms with Crippen LogP contribution < -0.4 is 14.4 Å². The fourth-order valence-electron chi connectivity index (χ4n) is 4.21. The third-order valence-electron chi connectivity index (χ3n) is 6.32. The van der Waals surface area contributed by atoms with Crippen LogP contribution in [-0.4, -0.2) is 27.7 Å². The molecule has 3 aromatic rings. The SMILES string of the molecule is COc1cc(C)c([C@H](C)NC(=O)c2ccc(N(Cc3ccc(C)cc3)S(C)(=O)=O)cc2)cc1C(C)C. The van der Waals surface area contributed by atoms with Crippen LogP contribution in [0, 0.1) is 13.8 Å². The topological polar surface area (TPSA) is 75.7 Å². The molecule has 0 saturated heterocycles. The molecule has 0 bridgehead atoms. The summed E-state index contributed by atoms with van der Waals surface area (Å²) in [7, 11) is -1.85. The van der Waals surface area contributed by atoms with E-state index in [1.165, 1.54) is 10.6 Å². The number of carbonyl (C=O) groups is 1. The van der Waals surface area contributed by atoms with E-state index < -0.39 is 10.0 Å². The minimum absolute atomic E-state index is 0.213. The number of ether oxygens (including phenoxy) is 1. The summed E-state index contributed by atoms with van der Waals surface area (Å²) < 4.78 is 31.9. The van der Waals surface area contributed by atoms with E-state index in [2.05, 4.69) is 25.2 Å². The molecule has 36 heavy (non-hydrogen) atoms. The molecule has 3 rings (SSSR count). The second kappa shape index (κ2) is 11.2. The van der Waals surface area contributed by atoms with Gasteiger partial charge in [-0.25, -0.2) is 8.42 Å². The molecular weight excluding hydrogens is 472 g/mol. The minimum Gasteiger partial charge on any atom is -0.496 e. The second-order valence-corrected chi connectivity index (χ2v) is 11.5. The molecule has 0 spiro atoms. The normalized spacial score (nSPS) is 12.3. The monoisotopic (exact) mass is 508 g/mol. The first-order valence-corrected chi connectivity index (χ1v) is 13.9. The Bertz CT molecular complexity index is 1310. The average Bonchev–Trinajstić information content (AvgIpc) is 2.82. The Morgan fingerprint density at radius 2 is 1.56 bits per heavy atom. The molecule has 1 atom stereocenters. The smallest absolute Gasteiger partial charge is 0.251 e. The van der Waals surface area contributed by atoms with Crippen LogP contribution in [0.15, 0.2) is 60.7 Å². The quantitative estimate of drug-likeness (QED) is 0.391. The number of sulfonamides is 1. The number of amides is 1. The Labute approximate surface area is 215 Å². The van der Waals surface area contributed by atoms with Crippen LogP contribution in [0.3, 0.4) is 0 Å². The molecule has 1 amide bonds. The zero-order valence-electron chi connectivity index (χ0n) is 22.1. The van der Waals surface area contributed by atoms with Gasteiger partial charge in [0.05, 0.1) is 31.6 Å². The molecule has 0 aliphatic heterocycles. The summed E-state index contributed by atoms with van der Waals surface area (Å²) >= 11 is 0. The van der Waals surface area contributed by atoms with Crippen molar-refractivity contribution in [3.05, 3.63) is 94.0 Å². The highest BCUT2D eigenvalue weighted by Crippen LogP contribution is 2.32. The molecule has 0 aliphatic carbocycles. The number of nitrogens with one attached hydrogen (secondary N) is 1. The largest absolute Gasteiger partial charge is 0.496 e. The molecule has 3 aromatic carbocycles. The molecule has 0 heterocycles. The molecule has 0 saturated carbocycles. The summed E-state index contributed by atoms with van der Waals surface area (Å²) in [6.07, 6.45) is 1.19. The van der Waals surface area contributed by atoms with Gasteiger partial charge < -0.3 is 10.1 Å². The van der Waals surface area contributed by atoms with Crippen LogP contribution in [0.4, 0.5) is 5.69 Å². The van der Waals surface area contributed by atoms with Gasteiger partial charge in [-0.15, -0.1) is 0 Å². The van der Waals surface area contributed by atoms with E-state index >= 15 is 0 Å². The lowest BCUT2D eigenvalue weighted by Gasteiger charge is -2.23. The van der Waals surface area contributed by atoms with Gasteiger partial charge in [-0.1, -0.05) is 43.7 Å². The van der Waals surface area contributed by atoms with E-state index in [9.17, 15) is 13.2 Å². The first-order chi connectivity index (χ1) is 16.9. The summed E-state index contributed by atoms with van der Waals surface area (Å²) in [6, 6.07) is 18.3. The van der Waals surface area contributed by atoms with Gasteiger partial charge >= 0.3 is 0 Å². The standard InChI is InChI=1S/C29H36N2O4S/c1-19(2)26-17-27(21(4)16-28(26)35-6)22(5)30-29(32)24-12-14-25(15-13-24)31(36(7,33)34)18-23-10-8-20(3)9-11-23/h8-17,19,22H,18H2,1-7H3,(H,30,32)/t22-/m0/s1.